The standard InChI is InChI=1S/C14H18N2/c1-11(2-3-12-4-5-12)16-14-8-6-13(10-15)7-9-14/h6-9,11-12,16H,2-5H2,1H3. The van der Waals surface area contributed by atoms with Crippen LogP contribution in [0, 0.1) is 17.2 Å². The number of rotatable bonds is 5. The second-order valence-corrected chi connectivity index (χ2v) is 4.76. The topological polar surface area (TPSA) is 35.8 Å². The number of nitrogens with zero attached hydrogens (tertiary/aromatic N) is 1. The molecule has 2 rings (SSSR count). The lowest BCUT2D eigenvalue weighted by Gasteiger charge is -2.14. The van der Waals surface area contributed by atoms with Crippen LogP contribution in [0.25, 0.3) is 0 Å². The highest BCUT2D eigenvalue weighted by molar-refractivity contribution is 5.47. The molecule has 1 aromatic carbocycles. The van der Waals surface area contributed by atoms with E-state index in [1.807, 2.05) is 24.3 Å². The fourth-order valence-corrected chi connectivity index (χ4v) is 1.89. The lowest BCUT2D eigenvalue weighted by Crippen LogP contribution is -2.14. The van der Waals surface area contributed by atoms with E-state index in [0.717, 1.165) is 17.2 Å². The highest BCUT2D eigenvalue weighted by atomic mass is 14.9. The summed E-state index contributed by atoms with van der Waals surface area (Å²) >= 11 is 0. The molecule has 0 heterocycles. The molecule has 0 radical (unpaired) electrons. The Bertz CT molecular complexity index is 371. The van der Waals surface area contributed by atoms with Crippen molar-refractivity contribution in [1.29, 1.82) is 5.26 Å². The summed E-state index contributed by atoms with van der Waals surface area (Å²) in [6.45, 7) is 2.22. The van der Waals surface area contributed by atoms with Gasteiger partial charge in [-0.15, -0.1) is 0 Å². The van der Waals surface area contributed by atoms with E-state index in [2.05, 4.69) is 18.3 Å². The molecule has 1 atom stereocenters. The van der Waals surface area contributed by atoms with Crippen LogP contribution in [0.15, 0.2) is 24.3 Å². The Morgan fingerprint density at radius 3 is 2.62 bits per heavy atom. The summed E-state index contributed by atoms with van der Waals surface area (Å²) in [4.78, 5) is 0. The molecule has 1 aromatic rings. The number of hydrogen-bond acceptors (Lipinski definition) is 2. The van der Waals surface area contributed by atoms with Crippen molar-refractivity contribution in [2.45, 2.75) is 38.6 Å². The zero-order valence-electron chi connectivity index (χ0n) is 9.74. The SMILES string of the molecule is CC(CCC1CC1)Nc1ccc(C#N)cc1. The maximum absolute atomic E-state index is 8.69. The third-order valence-electron chi connectivity index (χ3n) is 3.13. The lowest BCUT2D eigenvalue weighted by atomic mass is 10.1. The molecule has 1 saturated carbocycles. The molecule has 0 saturated heterocycles. The largest absolute Gasteiger partial charge is 0.383 e. The van der Waals surface area contributed by atoms with E-state index < -0.39 is 0 Å². The van der Waals surface area contributed by atoms with Crippen molar-refractivity contribution >= 4 is 5.69 Å². The molecular formula is C14H18N2. The number of nitrogens with one attached hydrogen (secondary N) is 1. The van der Waals surface area contributed by atoms with Gasteiger partial charge in [0.1, 0.15) is 0 Å². The second-order valence-electron chi connectivity index (χ2n) is 4.76. The molecule has 1 N–H and O–H groups in total. The number of anilines is 1. The molecule has 1 unspecified atom stereocenters. The maximum atomic E-state index is 8.69. The average Bonchev–Trinajstić information content (AvgIpc) is 3.11. The molecule has 1 aliphatic carbocycles. The van der Waals surface area contributed by atoms with Crippen molar-refractivity contribution in [3.63, 3.8) is 0 Å². The molecule has 1 fully saturated rings. The van der Waals surface area contributed by atoms with E-state index in [1.54, 1.807) is 0 Å². The predicted octanol–water partition coefficient (Wildman–Crippen LogP) is 3.55. The van der Waals surface area contributed by atoms with E-state index in [-0.39, 0.29) is 0 Å². The first kappa shape index (κ1) is 11.0. The van der Waals surface area contributed by atoms with E-state index in [9.17, 15) is 0 Å². The Kier molecular flexibility index (Phi) is 3.46. The van der Waals surface area contributed by atoms with Gasteiger partial charge in [0.15, 0.2) is 0 Å². The fraction of sp³-hybridized carbons (Fsp3) is 0.500. The average molecular weight is 214 g/mol. The van der Waals surface area contributed by atoms with Crippen LogP contribution in [0.2, 0.25) is 0 Å². The van der Waals surface area contributed by atoms with Crippen LogP contribution in [-0.4, -0.2) is 6.04 Å². The molecular weight excluding hydrogens is 196 g/mol. The van der Waals surface area contributed by atoms with Crippen LogP contribution in [0.3, 0.4) is 0 Å². The van der Waals surface area contributed by atoms with E-state index >= 15 is 0 Å². The minimum atomic E-state index is 0.522. The van der Waals surface area contributed by atoms with Crippen LogP contribution in [0.1, 0.15) is 38.2 Å². The Labute approximate surface area is 97.3 Å². The van der Waals surface area contributed by atoms with Gasteiger partial charge in [-0.2, -0.15) is 5.26 Å². The highest BCUT2D eigenvalue weighted by Crippen LogP contribution is 2.34. The number of benzene rings is 1. The Morgan fingerprint density at radius 2 is 2.06 bits per heavy atom. The molecule has 0 aromatic heterocycles. The molecule has 0 amide bonds. The minimum Gasteiger partial charge on any atom is -0.383 e. The molecule has 0 spiro atoms. The summed E-state index contributed by atoms with van der Waals surface area (Å²) in [5, 5.41) is 12.2. The zero-order chi connectivity index (χ0) is 11.4. The molecule has 1 aliphatic rings. The molecule has 16 heavy (non-hydrogen) atoms. The molecule has 2 nitrogen and oxygen atoms in total. The van der Waals surface area contributed by atoms with Gasteiger partial charge in [0.25, 0.3) is 0 Å². The minimum absolute atomic E-state index is 0.522. The number of hydrogen-bond donors (Lipinski definition) is 1. The molecule has 0 aliphatic heterocycles. The van der Waals surface area contributed by atoms with Gasteiger partial charge in [-0.1, -0.05) is 12.8 Å². The van der Waals surface area contributed by atoms with Crippen LogP contribution in [0.4, 0.5) is 5.69 Å². The third kappa shape index (κ3) is 3.27. The summed E-state index contributed by atoms with van der Waals surface area (Å²) in [6.07, 6.45) is 5.46. The quantitative estimate of drug-likeness (QED) is 0.813. The van der Waals surface area contributed by atoms with Gasteiger partial charge in [-0.25, -0.2) is 0 Å². The normalized spacial score (nSPS) is 16.5. The lowest BCUT2D eigenvalue weighted by molar-refractivity contribution is 0.610. The van der Waals surface area contributed by atoms with Crippen molar-refractivity contribution < 1.29 is 0 Å². The van der Waals surface area contributed by atoms with Gasteiger partial charge in [-0.3, -0.25) is 0 Å². The first-order valence-electron chi connectivity index (χ1n) is 6.04. The number of nitriles is 1. The van der Waals surface area contributed by atoms with E-state index in [1.165, 1.54) is 25.7 Å². The van der Waals surface area contributed by atoms with Crippen LogP contribution in [0.5, 0.6) is 0 Å². The smallest absolute Gasteiger partial charge is 0.0991 e. The van der Waals surface area contributed by atoms with Gasteiger partial charge in [-0.05, 0) is 49.9 Å². The van der Waals surface area contributed by atoms with E-state index in [0.29, 0.717) is 6.04 Å². The van der Waals surface area contributed by atoms with E-state index in [4.69, 9.17) is 5.26 Å². The van der Waals surface area contributed by atoms with Crippen molar-refractivity contribution in [2.24, 2.45) is 5.92 Å². The Hall–Kier alpha value is -1.49. The Morgan fingerprint density at radius 1 is 1.38 bits per heavy atom. The van der Waals surface area contributed by atoms with Crippen molar-refractivity contribution in [3.05, 3.63) is 29.8 Å². The van der Waals surface area contributed by atoms with Crippen LogP contribution in [-0.2, 0) is 0 Å². The first-order valence-corrected chi connectivity index (χ1v) is 6.04. The molecule has 0 bridgehead atoms. The van der Waals surface area contributed by atoms with Gasteiger partial charge < -0.3 is 5.32 Å². The fourth-order valence-electron chi connectivity index (χ4n) is 1.89. The summed E-state index contributed by atoms with van der Waals surface area (Å²) in [5.41, 5.74) is 1.83. The van der Waals surface area contributed by atoms with Gasteiger partial charge in [0.2, 0.25) is 0 Å². The summed E-state index contributed by atoms with van der Waals surface area (Å²) < 4.78 is 0. The highest BCUT2D eigenvalue weighted by Gasteiger charge is 2.21. The van der Waals surface area contributed by atoms with Gasteiger partial charge >= 0.3 is 0 Å². The van der Waals surface area contributed by atoms with Gasteiger partial charge in [0, 0.05) is 11.7 Å². The summed E-state index contributed by atoms with van der Waals surface area (Å²) in [6, 6.07) is 10.3. The second kappa shape index (κ2) is 5.03. The summed E-state index contributed by atoms with van der Waals surface area (Å²) in [5.74, 6) is 1.00. The van der Waals surface area contributed by atoms with Crippen molar-refractivity contribution in [2.75, 3.05) is 5.32 Å². The Balaban J connectivity index is 1.80. The van der Waals surface area contributed by atoms with Crippen molar-refractivity contribution in [3.8, 4) is 6.07 Å². The first-order chi connectivity index (χ1) is 7.78. The van der Waals surface area contributed by atoms with Crippen molar-refractivity contribution in [1.82, 2.24) is 0 Å². The zero-order valence-corrected chi connectivity index (χ0v) is 9.74. The molecule has 84 valence electrons. The predicted molar refractivity (Wildman–Crippen MR) is 66.2 cm³/mol. The third-order valence-corrected chi connectivity index (χ3v) is 3.13. The van der Waals surface area contributed by atoms with Crippen LogP contribution < -0.4 is 5.32 Å². The monoisotopic (exact) mass is 214 g/mol. The van der Waals surface area contributed by atoms with Gasteiger partial charge in [0.05, 0.1) is 11.6 Å². The molecule has 2 heteroatoms. The maximum Gasteiger partial charge on any atom is 0.0991 e. The summed E-state index contributed by atoms with van der Waals surface area (Å²) in [7, 11) is 0. The van der Waals surface area contributed by atoms with Crippen LogP contribution >= 0.6 is 0 Å².